The van der Waals surface area contributed by atoms with Crippen LogP contribution in [0.5, 0.6) is 11.5 Å². The number of ether oxygens (including phenoxy) is 2. The van der Waals surface area contributed by atoms with Crippen molar-refractivity contribution in [1.82, 2.24) is 4.98 Å². The number of aromatic nitrogens is 1. The van der Waals surface area contributed by atoms with Gasteiger partial charge in [-0.3, -0.25) is 4.79 Å². The molecule has 1 N–H and O–H groups in total. The Morgan fingerprint density at radius 2 is 1.88 bits per heavy atom. The first-order valence-corrected chi connectivity index (χ1v) is 8.87. The van der Waals surface area contributed by atoms with Crippen molar-refractivity contribution < 1.29 is 14.3 Å². The zero-order valence-corrected chi connectivity index (χ0v) is 15.3. The van der Waals surface area contributed by atoms with E-state index in [0.717, 1.165) is 28.8 Å². The number of H-pyrrole nitrogens is 1. The summed E-state index contributed by atoms with van der Waals surface area (Å²) in [5.74, 6) is 1.34. The molecule has 5 nitrogen and oxygen atoms in total. The normalized spacial score (nSPS) is 13.0. The van der Waals surface area contributed by atoms with Crippen LogP contribution in [-0.4, -0.2) is 31.2 Å². The van der Waals surface area contributed by atoms with Crippen LogP contribution in [0.1, 0.15) is 28.5 Å². The fraction of sp³-hybridized carbons (Fsp3) is 0.286. The van der Waals surface area contributed by atoms with Gasteiger partial charge >= 0.3 is 0 Å². The molecule has 5 heteroatoms. The highest BCUT2D eigenvalue weighted by Gasteiger charge is 2.18. The molecular formula is C21H22N2O3. The first kappa shape index (κ1) is 16.5. The van der Waals surface area contributed by atoms with Crippen LogP contribution in [0.2, 0.25) is 0 Å². The van der Waals surface area contributed by atoms with Crippen molar-refractivity contribution in [2.75, 3.05) is 25.2 Å². The van der Waals surface area contributed by atoms with Crippen molar-refractivity contribution in [3.63, 3.8) is 0 Å². The van der Waals surface area contributed by atoms with Gasteiger partial charge < -0.3 is 19.4 Å². The second-order valence-electron chi connectivity index (χ2n) is 6.53. The number of amides is 1. The number of hydrogen-bond acceptors (Lipinski definition) is 3. The van der Waals surface area contributed by atoms with Crippen LogP contribution in [0.15, 0.2) is 36.4 Å². The van der Waals surface area contributed by atoms with Crippen LogP contribution < -0.4 is 14.4 Å². The van der Waals surface area contributed by atoms with Crippen LogP contribution >= 0.6 is 0 Å². The van der Waals surface area contributed by atoms with E-state index in [1.807, 2.05) is 36.4 Å². The molecule has 1 aliphatic rings. The Labute approximate surface area is 152 Å². The molecule has 0 unspecified atom stereocenters. The smallest absolute Gasteiger partial charge is 0.258 e. The number of carbonyl (C=O) groups excluding carboxylic acids is 1. The summed E-state index contributed by atoms with van der Waals surface area (Å²) >= 11 is 0. The average molecular weight is 350 g/mol. The minimum Gasteiger partial charge on any atom is -0.486 e. The van der Waals surface area contributed by atoms with E-state index in [-0.39, 0.29) is 5.91 Å². The number of anilines is 1. The predicted octanol–water partition coefficient (Wildman–Crippen LogP) is 4.09. The molecule has 0 saturated carbocycles. The lowest BCUT2D eigenvalue weighted by Crippen LogP contribution is -2.26. The van der Waals surface area contributed by atoms with Crippen molar-refractivity contribution in [2.24, 2.45) is 0 Å². The fourth-order valence-electron chi connectivity index (χ4n) is 3.42. The Bertz CT molecular complexity index is 990. The number of aromatic amines is 1. The van der Waals surface area contributed by atoms with E-state index in [4.69, 9.17) is 9.47 Å². The maximum atomic E-state index is 13.0. The Balaban J connectivity index is 1.66. The zero-order chi connectivity index (χ0) is 18.3. The standard InChI is InChI=1S/C21H22N2O3/c1-4-17-13(2)16-11-14(5-7-18(16)22-17)21(24)23(3)15-6-8-19-20(12-15)26-10-9-25-19/h5-8,11-12,22H,4,9-10H2,1-3H3. The highest BCUT2D eigenvalue weighted by Crippen LogP contribution is 2.34. The molecule has 26 heavy (non-hydrogen) atoms. The van der Waals surface area contributed by atoms with Crippen molar-refractivity contribution in [3.05, 3.63) is 53.2 Å². The molecule has 0 atom stereocenters. The van der Waals surface area contributed by atoms with Crippen molar-refractivity contribution >= 4 is 22.5 Å². The molecule has 3 aromatic rings. The van der Waals surface area contributed by atoms with Crippen LogP contribution in [0, 0.1) is 6.92 Å². The Hall–Kier alpha value is -2.95. The third kappa shape index (κ3) is 2.69. The van der Waals surface area contributed by atoms with Gasteiger partial charge in [-0.1, -0.05) is 6.92 Å². The minimum atomic E-state index is -0.0535. The van der Waals surface area contributed by atoms with Crippen molar-refractivity contribution in [3.8, 4) is 11.5 Å². The molecule has 0 aliphatic carbocycles. The van der Waals surface area contributed by atoms with Crippen molar-refractivity contribution in [1.29, 1.82) is 0 Å². The lowest BCUT2D eigenvalue weighted by Gasteiger charge is -2.22. The van der Waals surface area contributed by atoms with E-state index in [1.54, 1.807) is 11.9 Å². The molecule has 0 radical (unpaired) electrons. The monoisotopic (exact) mass is 350 g/mol. The Morgan fingerprint density at radius 3 is 2.65 bits per heavy atom. The molecule has 4 rings (SSSR count). The largest absolute Gasteiger partial charge is 0.486 e. The molecular weight excluding hydrogens is 328 g/mol. The lowest BCUT2D eigenvalue weighted by atomic mass is 10.1. The number of rotatable bonds is 3. The zero-order valence-electron chi connectivity index (χ0n) is 15.3. The summed E-state index contributed by atoms with van der Waals surface area (Å²) in [7, 11) is 1.78. The van der Waals surface area contributed by atoms with Gasteiger partial charge in [0.25, 0.3) is 5.91 Å². The first-order valence-electron chi connectivity index (χ1n) is 8.87. The third-order valence-electron chi connectivity index (χ3n) is 4.98. The summed E-state index contributed by atoms with van der Waals surface area (Å²) < 4.78 is 11.2. The number of carbonyl (C=O) groups is 1. The summed E-state index contributed by atoms with van der Waals surface area (Å²) in [4.78, 5) is 18.0. The van der Waals surface area contributed by atoms with Gasteiger partial charge in [0.2, 0.25) is 0 Å². The number of benzene rings is 2. The van der Waals surface area contributed by atoms with E-state index < -0.39 is 0 Å². The average Bonchev–Trinajstić information content (AvgIpc) is 3.01. The van der Waals surface area contributed by atoms with Gasteiger partial charge in [0.15, 0.2) is 11.5 Å². The van der Waals surface area contributed by atoms with Gasteiger partial charge in [-0.05, 0) is 49.2 Å². The maximum absolute atomic E-state index is 13.0. The van der Waals surface area contributed by atoms with Crippen LogP contribution in [-0.2, 0) is 6.42 Å². The second kappa shape index (κ2) is 6.41. The predicted molar refractivity (Wildman–Crippen MR) is 103 cm³/mol. The van der Waals surface area contributed by atoms with Gasteiger partial charge in [0.1, 0.15) is 13.2 Å². The topological polar surface area (TPSA) is 54.6 Å². The summed E-state index contributed by atoms with van der Waals surface area (Å²) in [5.41, 5.74) is 4.93. The Morgan fingerprint density at radius 1 is 1.12 bits per heavy atom. The fourth-order valence-corrected chi connectivity index (χ4v) is 3.42. The third-order valence-corrected chi connectivity index (χ3v) is 4.98. The van der Waals surface area contributed by atoms with Crippen LogP contribution in [0.4, 0.5) is 5.69 Å². The van der Waals surface area contributed by atoms with Crippen molar-refractivity contribution in [2.45, 2.75) is 20.3 Å². The molecule has 0 spiro atoms. The van der Waals surface area contributed by atoms with Gasteiger partial charge in [-0.2, -0.15) is 0 Å². The maximum Gasteiger partial charge on any atom is 0.258 e. The molecule has 1 aromatic heterocycles. The summed E-state index contributed by atoms with van der Waals surface area (Å²) in [6.07, 6.45) is 0.945. The number of nitrogens with zero attached hydrogens (tertiary/aromatic N) is 1. The van der Waals surface area contributed by atoms with E-state index in [0.29, 0.717) is 24.5 Å². The highest BCUT2D eigenvalue weighted by molar-refractivity contribution is 6.08. The van der Waals surface area contributed by atoms with E-state index in [2.05, 4.69) is 18.8 Å². The molecule has 1 amide bonds. The van der Waals surface area contributed by atoms with E-state index >= 15 is 0 Å². The molecule has 0 saturated heterocycles. The number of hydrogen-bond donors (Lipinski definition) is 1. The lowest BCUT2D eigenvalue weighted by molar-refractivity contribution is 0.0993. The van der Waals surface area contributed by atoms with Gasteiger partial charge in [0.05, 0.1) is 0 Å². The number of aryl methyl sites for hydroxylation is 2. The molecule has 0 bridgehead atoms. The molecule has 2 heterocycles. The molecule has 134 valence electrons. The summed E-state index contributed by atoms with van der Waals surface area (Å²) in [6.45, 7) is 5.30. The van der Waals surface area contributed by atoms with Gasteiger partial charge in [-0.25, -0.2) is 0 Å². The quantitative estimate of drug-likeness (QED) is 0.774. The highest BCUT2D eigenvalue weighted by atomic mass is 16.6. The summed E-state index contributed by atoms with van der Waals surface area (Å²) in [5, 5.41) is 1.10. The van der Waals surface area contributed by atoms with E-state index in [1.165, 1.54) is 11.3 Å². The number of nitrogens with one attached hydrogen (secondary N) is 1. The van der Waals surface area contributed by atoms with Gasteiger partial charge in [-0.15, -0.1) is 0 Å². The SMILES string of the molecule is CCc1[nH]c2ccc(C(=O)N(C)c3ccc4c(c3)OCCO4)cc2c1C. The molecule has 2 aromatic carbocycles. The Kier molecular flexibility index (Phi) is 4.07. The molecule has 0 fully saturated rings. The molecule has 1 aliphatic heterocycles. The minimum absolute atomic E-state index is 0.0535. The van der Waals surface area contributed by atoms with Crippen LogP contribution in [0.25, 0.3) is 10.9 Å². The van der Waals surface area contributed by atoms with E-state index in [9.17, 15) is 4.79 Å². The first-order chi connectivity index (χ1) is 12.6. The second-order valence-corrected chi connectivity index (χ2v) is 6.53. The van der Waals surface area contributed by atoms with Gasteiger partial charge in [0, 0.05) is 41.0 Å². The number of fused-ring (bicyclic) bond motifs is 2. The van der Waals surface area contributed by atoms with Crippen LogP contribution in [0.3, 0.4) is 0 Å². The summed E-state index contributed by atoms with van der Waals surface area (Å²) in [6, 6.07) is 11.4.